The number of aromatic nitrogens is 1. The molecule has 2 heterocycles. The maximum atomic E-state index is 12.9. The molecule has 128 valence electrons. The predicted octanol–water partition coefficient (Wildman–Crippen LogP) is 1.46. The van der Waals surface area contributed by atoms with Gasteiger partial charge in [0.1, 0.15) is 6.04 Å². The number of hydrogen-bond acceptors (Lipinski definition) is 3. The summed E-state index contributed by atoms with van der Waals surface area (Å²) in [5.41, 5.74) is 2.07. The van der Waals surface area contributed by atoms with Crippen LogP contribution in [-0.2, 0) is 20.7 Å². The highest BCUT2D eigenvalue weighted by molar-refractivity contribution is 5.89. The zero-order valence-electron chi connectivity index (χ0n) is 13.9. The lowest BCUT2D eigenvalue weighted by atomic mass is 10.0. The maximum absolute atomic E-state index is 12.9. The van der Waals surface area contributed by atoms with Gasteiger partial charge in [-0.1, -0.05) is 25.1 Å². The fourth-order valence-electron chi connectivity index (χ4n) is 3.02. The summed E-state index contributed by atoms with van der Waals surface area (Å²) < 4.78 is 5.31. The number of carbonyl (C=O) groups is 2. The third-order valence-electron chi connectivity index (χ3n) is 4.38. The molecule has 1 aliphatic heterocycles. The summed E-state index contributed by atoms with van der Waals surface area (Å²) in [6, 6.07) is 7.43. The van der Waals surface area contributed by atoms with Gasteiger partial charge in [0.05, 0.1) is 13.2 Å². The van der Waals surface area contributed by atoms with Gasteiger partial charge in [-0.15, -0.1) is 0 Å². The first-order valence-electron chi connectivity index (χ1n) is 8.40. The summed E-state index contributed by atoms with van der Waals surface area (Å²) in [5, 5.41) is 3.97. The molecule has 3 rings (SSSR count). The van der Waals surface area contributed by atoms with E-state index in [0.29, 0.717) is 39.1 Å². The molecular weight excluding hydrogens is 306 g/mol. The predicted molar refractivity (Wildman–Crippen MR) is 91.6 cm³/mol. The van der Waals surface area contributed by atoms with Crippen LogP contribution in [0.3, 0.4) is 0 Å². The van der Waals surface area contributed by atoms with Gasteiger partial charge in [-0.25, -0.2) is 0 Å². The number of hydrogen-bond donors (Lipinski definition) is 2. The first-order valence-corrected chi connectivity index (χ1v) is 8.40. The van der Waals surface area contributed by atoms with E-state index in [2.05, 4.69) is 10.3 Å². The van der Waals surface area contributed by atoms with Crippen LogP contribution in [0, 0.1) is 0 Å². The molecule has 2 aromatic rings. The van der Waals surface area contributed by atoms with Crippen LogP contribution in [0.1, 0.15) is 18.9 Å². The molecule has 2 N–H and O–H groups in total. The van der Waals surface area contributed by atoms with Crippen LogP contribution in [0.4, 0.5) is 0 Å². The molecule has 1 atom stereocenters. The number of fused-ring (bicyclic) bond motifs is 1. The monoisotopic (exact) mass is 329 g/mol. The van der Waals surface area contributed by atoms with Crippen molar-refractivity contribution in [3.05, 3.63) is 36.0 Å². The number of nitrogens with one attached hydrogen (secondary N) is 2. The average molecular weight is 329 g/mol. The lowest BCUT2D eigenvalue weighted by molar-refractivity contribution is -0.139. The van der Waals surface area contributed by atoms with Crippen LogP contribution in [0.15, 0.2) is 30.5 Å². The number of rotatable bonds is 5. The fourth-order valence-corrected chi connectivity index (χ4v) is 3.02. The molecule has 1 aliphatic rings. The molecule has 6 nitrogen and oxygen atoms in total. The van der Waals surface area contributed by atoms with E-state index < -0.39 is 6.04 Å². The molecule has 2 amide bonds. The minimum atomic E-state index is -0.547. The summed E-state index contributed by atoms with van der Waals surface area (Å²) in [5.74, 6) is -0.146. The van der Waals surface area contributed by atoms with Gasteiger partial charge in [0.15, 0.2) is 0 Å². The van der Waals surface area contributed by atoms with Gasteiger partial charge < -0.3 is 19.9 Å². The van der Waals surface area contributed by atoms with Gasteiger partial charge in [0.25, 0.3) is 0 Å². The van der Waals surface area contributed by atoms with Crippen molar-refractivity contribution in [3.63, 3.8) is 0 Å². The number of para-hydroxylation sites is 1. The van der Waals surface area contributed by atoms with E-state index in [9.17, 15) is 9.59 Å². The quantitative estimate of drug-likeness (QED) is 0.872. The lowest BCUT2D eigenvalue weighted by Gasteiger charge is -2.30. The Morgan fingerprint density at radius 2 is 2.04 bits per heavy atom. The number of amides is 2. The van der Waals surface area contributed by atoms with E-state index in [1.807, 2.05) is 30.5 Å². The minimum absolute atomic E-state index is 0.0367. The first-order chi connectivity index (χ1) is 11.7. The Bertz CT molecular complexity index is 719. The molecule has 1 fully saturated rings. The second kappa shape index (κ2) is 7.49. The molecule has 0 aliphatic carbocycles. The van der Waals surface area contributed by atoms with Crippen molar-refractivity contribution in [2.75, 3.05) is 26.3 Å². The summed E-state index contributed by atoms with van der Waals surface area (Å²) in [7, 11) is 0. The van der Waals surface area contributed by atoms with Crippen molar-refractivity contribution >= 4 is 22.7 Å². The van der Waals surface area contributed by atoms with Crippen LogP contribution in [0.25, 0.3) is 10.9 Å². The highest BCUT2D eigenvalue weighted by Gasteiger charge is 2.27. The smallest absolute Gasteiger partial charge is 0.245 e. The van der Waals surface area contributed by atoms with Gasteiger partial charge in [-0.3, -0.25) is 9.59 Å². The second-order valence-corrected chi connectivity index (χ2v) is 5.97. The molecule has 0 radical (unpaired) electrons. The first kappa shape index (κ1) is 16.5. The molecule has 0 unspecified atom stereocenters. The van der Waals surface area contributed by atoms with E-state index in [-0.39, 0.29) is 11.8 Å². The highest BCUT2D eigenvalue weighted by atomic mass is 16.5. The van der Waals surface area contributed by atoms with Crippen molar-refractivity contribution in [1.82, 2.24) is 15.2 Å². The molecule has 0 saturated carbocycles. The van der Waals surface area contributed by atoms with Crippen LogP contribution in [-0.4, -0.2) is 54.0 Å². The minimum Gasteiger partial charge on any atom is -0.378 e. The molecule has 24 heavy (non-hydrogen) atoms. The molecule has 0 bridgehead atoms. The molecule has 0 spiro atoms. The number of ether oxygens (including phenoxy) is 1. The van der Waals surface area contributed by atoms with E-state index in [1.165, 1.54) is 0 Å². The Balaban J connectivity index is 1.81. The molecule has 6 heteroatoms. The van der Waals surface area contributed by atoms with Gasteiger partial charge in [0, 0.05) is 43.0 Å². The number of H-pyrrole nitrogens is 1. The zero-order chi connectivity index (χ0) is 16.9. The van der Waals surface area contributed by atoms with Crippen LogP contribution >= 0.6 is 0 Å². The van der Waals surface area contributed by atoms with Crippen molar-refractivity contribution in [2.45, 2.75) is 25.8 Å². The summed E-state index contributed by atoms with van der Waals surface area (Å²) in [6.45, 7) is 4.04. The Labute approximate surface area is 141 Å². The van der Waals surface area contributed by atoms with Crippen LogP contribution < -0.4 is 5.32 Å². The Morgan fingerprint density at radius 1 is 1.29 bits per heavy atom. The van der Waals surface area contributed by atoms with E-state index >= 15 is 0 Å². The molecule has 1 aromatic carbocycles. The second-order valence-electron chi connectivity index (χ2n) is 5.97. The fraction of sp³-hybridized carbons (Fsp3) is 0.444. The largest absolute Gasteiger partial charge is 0.378 e. The molecular formula is C18H23N3O3. The standard InChI is InChI=1S/C18H23N3O3/c1-2-17(22)20-16(18(23)21-7-9-24-10-8-21)11-13-12-19-15-6-4-3-5-14(13)15/h3-6,12,16,19H,2,7-11H2,1H3,(H,20,22)/t16-/m0/s1. The van der Waals surface area contributed by atoms with Crippen molar-refractivity contribution in [1.29, 1.82) is 0 Å². The Hall–Kier alpha value is -2.34. The SMILES string of the molecule is CCC(=O)N[C@@H](Cc1c[nH]c2ccccc12)C(=O)N1CCOCC1. The van der Waals surface area contributed by atoms with Crippen molar-refractivity contribution in [2.24, 2.45) is 0 Å². The lowest BCUT2D eigenvalue weighted by Crippen LogP contribution is -2.52. The van der Waals surface area contributed by atoms with Gasteiger partial charge in [-0.05, 0) is 11.6 Å². The molecule has 1 saturated heterocycles. The molecule has 1 aromatic heterocycles. The topological polar surface area (TPSA) is 74.4 Å². The Kier molecular flexibility index (Phi) is 5.15. The Morgan fingerprint density at radius 3 is 2.79 bits per heavy atom. The zero-order valence-corrected chi connectivity index (χ0v) is 13.9. The van der Waals surface area contributed by atoms with Crippen molar-refractivity contribution < 1.29 is 14.3 Å². The van der Waals surface area contributed by atoms with Crippen LogP contribution in [0.2, 0.25) is 0 Å². The van der Waals surface area contributed by atoms with Gasteiger partial charge in [-0.2, -0.15) is 0 Å². The van der Waals surface area contributed by atoms with Crippen LogP contribution in [0.5, 0.6) is 0 Å². The van der Waals surface area contributed by atoms with E-state index in [1.54, 1.807) is 11.8 Å². The van der Waals surface area contributed by atoms with Gasteiger partial charge >= 0.3 is 0 Å². The highest BCUT2D eigenvalue weighted by Crippen LogP contribution is 2.20. The number of benzene rings is 1. The van der Waals surface area contributed by atoms with E-state index in [0.717, 1.165) is 16.5 Å². The number of morpholine rings is 1. The average Bonchev–Trinajstić information content (AvgIpc) is 3.04. The van der Waals surface area contributed by atoms with Crippen molar-refractivity contribution in [3.8, 4) is 0 Å². The summed E-state index contributed by atoms with van der Waals surface area (Å²) in [4.78, 5) is 29.7. The number of nitrogens with zero attached hydrogens (tertiary/aromatic N) is 1. The normalized spacial score (nSPS) is 16.1. The third-order valence-corrected chi connectivity index (χ3v) is 4.38. The summed E-state index contributed by atoms with van der Waals surface area (Å²) in [6.07, 6.45) is 2.76. The third kappa shape index (κ3) is 3.59. The summed E-state index contributed by atoms with van der Waals surface area (Å²) >= 11 is 0. The number of carbonyl (C=O) groups excluding carboxylic acids is 2. The van der Waals surface area contributed by atoms with E-state index in [4.69, 9.17) is 4.74 Å². The number of aromatic amines is 1. The van der Waals surface area contributed by atoms with Gasteiger partial charge in [0.2, 0.25) is 11.8 Å². The maximum Gasteiger partial charge on any atom is 0.245 e.